The number of nitrogens with zero attached hydrogens (tertiary/aromatic N) is 1. The zero-order valence-corrected chi connectivity index (χ0v) is 10.3. The molecule has 4 nitrogen and oxygen atoms in total. The maximum absolute atomic E-state index is 10.2. The molecular weight excluding hydrogens is 311 g/mol. The van der Waals surface area contributed by atoms with Crippen LogP contribution in [0.25, 0.3) is 0 Å². The van der Waals surface area contributed by atoms with Gasteiger partial charge in [0.25, 0.3) is 11.8 Å². The summed E-state index contributed by atoms with van der Waals surface area (Å²) in [5.74, 6) is -1.01. The molecule has 1 rings (SSSR count). The van der Waals surface area contributed by atoms with E-state index in [0.717, 1.165) is 0 Å². The van der Waals surface area contributed by atoms with E-state index in [2.05, 4.69) is 0 Å². The van der Waals surface area contributed by atoms with E-state index in [4.69, 9.17) is 5.21 Å². The fourth-order valence-corrected chi connectivity index (χ4v) is 0.565. The van der Waals surface area contributed by atoms with Crippen LogP contribution in [0.1, 0.15) is 12.8 Å². The fourth-order valence-electron chi connectivity index (χ4n) is 0.565. The Kier molecular flexibility index (Phi) is 3.28. The minimum absolute atomic E-state index is 0. The van der Waals surface area contributed by atoms with E-state index in [1.54, 1.807) is 0 Å². The van der Waals surface area contributed by atoms with Gasteiger partial charge < -0.3 is 0 Å². The molecule has 0 spiro atoms. The summed E-state index contributed by atoms with van der Waals surface area (Å²) < 4.78 is 0. The van der Waals surface area contributed by atoms with Crippen molar-refractivity contribution in [3.63, 3.8) is 0 Å². The van der Waals surface area contributed by atoms with Crippen molar-refractivity contribution in [3.05, 3.63) is 0 Å². The third-order valence-corrected chi connectivity index (χ3v) is 1.03. The maximum atomic E-state index is 10.2. The summed E-state index contributed by atoms with van der Waals surface area (Å²) in [7, 11) is 0. The minimum Gasteiger partial charge on any atom is -0.279 e. The average Bonchev–Trinajstić information content (AvgIpc) is 1.98. The minimum atomic E-state index is -0.505. The molecule has 1 fully saturated rings. The maximum Gasteiger partial charge on any atom is 0.253 e. The molecule has 2 amide bonds. The molecule has 0 radical (unpaired) electrons. The SMILES string of the molecule is O=C1CCC(=O)N1O.[Hg]. The molecule has 0 bridgehead atoms. The number of rotatable bonds is 0. The van der Waals surface area contributed by atoms with Gasteiger partial charge in [-0.1, -0.05) is 0 Å². The van der Waals surface area contributed by atoms with E-state index < -0.39 is 11.8 Å². The number of hydrogen-bond acceptors (Lipinski definition) is 3. The molecule has 0 aliphatic carbocycles. The Balaban J connectivity index is 0.000000640. The number of hydroxylamine groups is 2. The van der Waals surface area contributed by atoms with Crippen molar-refractivity contribution in [2.45, 2.75) is 12.8 Å². The molecule has 5 heteroatoms. The first-order valence-electron chi connectivity index (χ1n) is 2.26. The zero-order valence-electron chi connectivity index (χ0n) is 4.83. The predicted octanol–water partition coefficient (Wildman–Crippen LogP) is -0.478. The third kappa shape index (κ3) is 1.72. The summed E-state index contributed by atoms with van der Waals surface area (Å²) >= 11 is 0. The van der Waals surface area contributed by atoms with Crippen LogP contribution in [0.5, 0.6) is 0 Å². The van der Waals surface area contributed by atoms with Gasteiger partial charge >= 0.3 is 0 Å². The monoisotopic (exact) mass is 317 g/mol. The smallest absolute Gasteiger partial charge is 0.253 e. The molecule has 1 aliphatic heterocycles. The number of amides is 2. The van der Waals surface area contributed by atoms with Crippen LogP contribution in [0.2, 0.25) is 0 Å². The zero-order chi connectivity index (χ0) is 6.15. The number of carbonyl (C=O) groups excluding carboxylic acids is 2. The predicted molar refractivity (Wildman–Crippen MR) is 22.9 cm³/mol. The third-order valence-electron chi connectivity index (χ3n) is 1.03. The molecule has 0 saturated carbocycles. The second kappa shape index (κ2) is 3.27. The Labute approximate surface area is 72.3 Å². The second-order valence-electron chi connectivity index (χ2n) is 1.60. The van der Waals surface area contributed by atoms with Gasteiger partial charge in [-0.15, -0.1) is 0 Å². The largest absolute Gasteiger partial charge is 0.279 e. The van der Waals surface area contributed by atoms with Crippen LogP contribution in [0, 0.1) is 0 Å². The topological polar surface area (TPSA) is 57.6 Å². The Bertz CT molecular complexity index is 131. The van der Waals surface area contributed by atoms with Gasteiger partial charge in [-0.05, 0) is 0 Å². The van der Waals surface area contributed by atoms with Gasteiger partial charge in [-0.25, -0.2) is 0 Å². The first-order valence-corrected chi connectivity index (χ1v) is 2.26. The molecular formula is C4H5HgNO3. The molecule has 0 aromatic heterocycles. The van der Waals surface area contributed by atoms with Crippen molar-refractivity contribution >= 4 is 11.8 Å². The molecule has 1 heterocycles. The van der Waals surface area contributed by atoms with Crippen molar-refractivity contribution in [1.29, 1.82) is 0 Å². The van der Waals surface area contributed by atoms with Crippen molar-refractivity contribution in [2.75, 3.05) is 0 Å². The average molecular weight is 316 g/mol. The van der Waals surface area contributed by atoms with Gasteiger partial charge in [0.2, 0.25) is 0 Å². The van der Waals surface area contributed by atoms with Gasteiger partial charge in [0.05, 0.1) is 0 Å². The summed E-state index contributed by atoms with van der Waals surface area (Å²) in [5, 5.41) is 8.57. The van der Waals surface area contributed by atoms with Crippen molar-refractivity contribution in [2.24, 2.45) is 0 Å². The van der Waals surface area contributed by atoms with Gasteiger partial charge in [0, 0.05) is 40.5 Å². The molecule has 9 heavy (non-hydrogen) atoms. The Morgan fingerprint density at radius 2 is 1.56 bits per heavy atom. The van der Waals surface area contributed by atoms with Gasteiger partial charge in [-0.2, -0.15) is 5.06 Å². The van der Waals surface area contributed by atoms with Crippen LogP contribution in [0.15, 0.2) is 0 Å². The molecule has 0 aromatic rings. The van der Waals surface area contributed by atoms with Gasteiger partial charge in [-0.3, -0.25) is 14.8 Å². The van der Waals surface area contributed by atoms with Crippen molar-refractivity contribution in [3.8, 4) is 0 Å². The Morgan fingerprint density at radius 3 is 1.67 bits per heavy atom. The Morgan fingerprint density at radius 1 is 1.22 bits per heavy atom. The quantitative estimate of drug-likeness (QED) is 0.373. The van der Waals surface area contributed by atoms with E-state index in [1.165, 1.54) is 0 Å². The summed E-state index contributed by atoms with van der Waals surface area (Å²) in [6.07, 6.45) is 0.296. The molecule has 1 aliphatic rings. The molecule has 1 saturated heterocycles. The van der Waals surface area contributed by atoms with Crippen LogP contribution in [-0.2, 0) is 37.3 Å². The normalized spacial score (nSPS) is 18.1. The van der Waals surface area contributed by atoms with Crippen LogP contribution in [-0.4, -0.2) is 22.1 Å². The summed E-state index contributed by atoms with van der Waals surface area (Å²) in [4.78, 5) is 20.5. The number of hydrogen-bond donors (Lipinski definition) is 1. The molecule has 0 aromatic carbocycles. The van der Waals surface area contributed by atoms with E-state index in [9.17, 15) is 9.59 Å². The van der Waals surface area contributed by atoms with Gasteiger partial charge in [0.1, 0.15) is 0 Å². The van der Waals surface area contributed by atoms with Crippen LogP contribution in [0.3, 0.4) is 0 Å². The Hall–Kier alpha value is 0.0351. The molecule has 1 N–H and O–H groups in total. The van der Waals surface area contributed by atoms with Crippen molar-refractivity contribution < 1.29 is 42.5 Å². The van der Waals surface area contributed by atoms with Crippen LogP contribution in [0.4, 0.5) is 0 Å². The van der Waals surface area contributed by atoms with E-state index >= 15 is 0 Å². The van der Waals surface area contributed by atoms with Gasteiger partial charge in [0.15, 0.2) is 0 Å². The first kappa shape index (κ1) is 9.04. The van der Waals surface area contributed by atoms with Crippen molar-refractivity contribution in [1.82, 2.24) is 5.06 Å². The van der Waals surface area contributed by atoms with Crippen LogP contribution < -0.4 is 0 Å². The molecule has 46 valence electrons. The first-order chi connectivity index (χ1) is 3.72. The van der Waals surface area contributed by atoms with E-state index in [1.807, 2.05) is 0 Å². The van der Waals surface area contributed by atoms with E-state index in [-0.39, 0.29) is 45.6 Å². The number of carbonyl (C=O) groups is 2. The number of imide groups is 1. The molecule has 0 unspecified atom stereocenters. The summed E-state index contributed by atoms with van der Waals surface area (Å²) in [5.41, 5.74) is 0. The van der Waals surface area contributed by atoms with Crippen LogP contribution >= 0.6 is 0 Å². The molecule has 0 atom stereocenters. The summed E-state index contributed by atoms with van der Waals surface area (Å²) in [6.45, 7) is 0. The van der Waals surface area contributed by atoms with E-state index in [0.29, 0.717) is 0 Å². The second-order valence-corrected chi connectivity index (χ2v) is 1.60. The fraction of sp³-hybridized carbons (Fsp3) is 0.500. The standard InChI is InChI=1S/C4H5NO3.Hg/c6-3-1-2-4(7)5(3)8;/h8H,1-2H2;. The summed E-state index contributed by atoms with van der Waals surface area (Å²) in [6, 6.07) is 0.